The molecule has 0 spiro atoms. The molecule has 1 aliphatic carbocycles. The summed E-state index contributed by atoms with van der Waals surface area (Å²) in [5.74, 6) is 0. The third kappa shape index (κ3) is 3.09. The van der Waals surface area contributed by atoms with Crippen molar-refractivity contribution in [1.82, 2.24) is 4.72 Å². The molecule has 1 aromatic carbocycles. The molecule has 0 radical (unpaired) electrons. The Kier molecular flexibility index (Phi) is 3.36. The van der Waals surface area contributed by atoms with Gasteiger partial charge in [0, 0.05) is 11.0 Å². The molecule has 94 valence electrons. The van der Waals surface area contributed by atoms with E-state index < -0.39 is 10.0 Å². The van der Waals surface area contributed by atoms with Crippen molar-refractivity contribution in [1.29, 1.82) is 0 Å². The number of halogens is 1. The monoisotopic (exact) mass is 317 g/mol. The fourth-order valence-electron chi connectivity index (χ4n) is 1.56. The van der Waals surface area contributed by atoms with E-state index in [9.17, 15) is 8.42 Å². The highest BCUT2D eigenvalue weighted by Crippen LogP contribution is 2.44. The van der Waals surface area contributed by atoms with Crippen molar-refractivity contribution < 1.29 is 8.42 Å². The summed E-state index contributed by atoms with van der Waals surface area (Å²) < 4.78 is 27.5. The zero-order chi connectivity index (χ0) is 12.7. The predicted molar refractivity (Wildman–Crippen MR) is 71.4 cm³/mol. The van der Waals surface area contributed by atoms with E-state index in [1.54, 1.807) is 12.1 Å². The quantitative estimate of drug-likeness (QED) is 0.928. The molecule has 1 saturated carbocycles. The minimum Gasteiger partial charge on any atom is -0.211 e. The number of hydrogen-bond donors (Lipinski definition) is 1. The summed E-state index contributed by atoms with van der Waals surface area (Å²) in [6, 6.07) is 5.25. The maximum absolute atomic E-state index is 12.1. The molecular weight excluding hydrogens is 302 g/mol. The number of rotatable bonds is 4. The van der Waals surface area contributed by atoms with Crippen LogP contribution in [0.3, 0.4) is 0 Å². The van der Waals surface area contributed by atoms with Gasteiger partial charge in [-0.3, -0.25) is 0 Å². The lowest BCUT2D eigenvalue weighted by Gasteiger charge is -2.12. The number of hydrogen-bond acceptors (Lipinski definition) is 2. The Hall–Kier alpha value is -0.390. The average molecular weight is 318 g/mol. The fraction of sp³-hybridized carbons (Fsp3) is 0.500. The molecule has 1 aromatic rings. The second-order valence-corrected chi connectivity index (χ2v) is 7.66. The van der Waals surface area contributed by atoms with E-state index in [-0.39, 0.29) is 5.41 Å². The lowest BCUT2D eigenvalue weighted by Crippen LogP contribution is -2.29. The smallest absolute Gasteiger partial charge is 0.211 e. The first-order valence-corrected chi connectivity index (χ1v) is 7.86. The SMILES string of the molecule is Cc1ccc(S(=O)(=O)NCC2(C)CC2)c(Br)c1. The first-order chi connectivity index (χ1) is 7.82. The molecule has 0 aromatic heterocycles. The Bertz CT molecular complexity index is 535. The number of benzene rings is 1. The highest BCUT2D eigenvalue weighted by Gasteiger charge is 2.38. The molecule has 1 N–H and O–H groups in total. The zero-order valence-corrected chi connectivity index (χ0v) is 12.4. The van der Waals surface area contributed by atoms with Gasteiger partial charge in [-0.1, -0.05) is 13.0 Å². The van der Waals surface area contributed by atoms with Gasteiger partial charge in [-0.15, -0.1) is 0 Å². The Morgan fingerprint density at radius 1 is 1.41 bits per heavy atom. The molecule has 0 saturated heterocycles. The topological polar surface area (TPSA) is 46.2 Å². The van der Waals surface area contributed by atoms with Crippen molar-refractivity contribution in [2.24, 2.45) is 5.41 Å². The minimum absolute atomic E-state index is 0.171. The Balaban J connectivity index is 2.19. The summed E-state index contributed by atoms with van der Waals surface area (Å²) in [5.41, 5.74) is 1.20. The highest BCUT2D eigenvalue weighted by molar-refractivity contribution is 9.10. The van der Waals surface area contributed by atoms with E-state index in [1.165, 1.54) is 0 Å². The van der Waals surface area contributed by atoms with Crippen LogP contribution in [-0.2, 0) is 10.0 Å². The van der Waals surface area contributed by atoms with E-state index >= 15 is 0 Å². The Morgan fingerprint density at radius 2 is 2.06 bits per heavy atom. The first-order valence-electron chi connectivity index (χ1n) is 5.58. The van der Waals surface area contributed by atoms with Crippen molar-refractivity contribution in [3.05, 3.63) is 28.2 Å². The normalized spacial score (nSPS) is 18.1. The summed E-state index contributed by atoms with van der Waals surface area (Å²) in [6.07, 6.45) is 2.20. The van der Waals surface area contributed by atoms with Gasteiger partial charge in [0.1, 0.15) is 0 Å². The van der Waals surface area contributed by atoms with Crippen LogP contribution in [-0.4, -0.2) is 15.0 Å². The molecule has 0 amide bonds. The number of nitrogens with one attached hydrogen (secondary N) is 1. The molecule has 1 aliphatic rings. The summed E-state index contributed by atoms with van der Waals surface area (Å²) in [5, 5.41) is 0. The van der Waals surface area contributed by atoms with Crippen LogP contribution in [0, 0.1) is 12.3 Å². The van der Waals surface area contributed by atoms with Gasteiger partial charge < -0.3 is 0 Å². The molecular formula is C12H16BrNO2S. The van der Waals surface area contributed by atoms with Crippen molar-refractivity contribution in [3.63, 3.8) is 0 Å². The van der Waals surface area contributed by atoms with Crippen LogP contribution in [0.4, 0.5) is 0 Å². The van der Waals surface area contributed by atoms with Gasteiger partial charge in [0.2, 0.25) is 10.0 Å². The molecule has 0 heterocycles. The van der Waals surface area contributed by atoms with Crippen LogP contribution >= 0.6 is 15.9 Å². The molecule has 0 bridgehead atoms. The second-order valence-electron chi connectivity index (χ2n) is 5.07. The van der Waals surface area contributed by atoms with E-state index in [0.717, 1.165) is 18.4 Å². The van der Waals surface area contributed by atoms with Gasteiger partial charge in [-0.2, -0.15) is 0 Å². The van der Waals surface area contributed by atoms with Crippen LogP contribution < -0.4 is 4.72 Å². The Labute approximate surface area is 111 Å². The lowest BCUT2D eigenvalue weighted by molar-refractivity contribution is 0.530. The molecule has 0 unspecified atom stereocenters. The van der Waals surface area contributed by atoms with Crippen LogP contribution in [0.5, 0.6) is 0 Å². The summed E-state index contributed by atoms with van der Waals surface area (Å²) in [6.45, 7) is 4.55. The zero-order valence-electron chi connectivity index (χ0n) is 9.96. The third-order valence-corrected chi connectivity index (χ3v) is 5.55. The van der Waals surface area contributed by atoms with Gasteiger partial charge in [0.25, 0.3) is 0 Å². The van der Waals surface area contributed by atoms with Gasteiger partial charge in [0.15, 0.2) is 0 Å². The number of sulfonamides is 1. The molecule has 2 rings (SSSR count). The summed E-state index contributed by atoms with van der Waals surface area (Å²) >= 11 is 3.30. The van der Waals surface area contributed by atoms with Crippen molar-refractivity contribution >= 4 is 26.0 Å². The molecule has 0 atom stereocenters. The first kappa shape index (κ1) is 13.1. The molecule has 0 aliphatic heterocycles. The minimum atomic E-state index is -3.40. The van der Waals surface area contributed by atoms with Gasteiger partial charge in [-0.25, -0.2) is 13.1 Å². The second kappa shape index (κ2) is 4.37. The predicted octanol–water partition coefficient (Wildman–Crippen LogP) is 2.84. The molecule has 5 heteroatoms. The van der Waals surface area contributed by atoms with Crippen LogP contribution in [0.1, 0.15) is 25.3 Å². The maximum Gasteiger partial charge on any atom is 0.241 e. The fourth-order valence-corrected chi connectivity index (χ4v) is 3.95. The standard InChI is InChI=1S/C12H16BrNO2S/c1-9-3-4-11(10(13)7-9)17(15,16)14-8-12(2)5-6-12/h3-4,7,14H,5-6,8H2,1-2H3. The van der Waals surface area contributed by atoms with Crippen LogP contribution in [0.15, 0.2) is 27.6 Å². The largest absolute Gasteiger partial charge is 0.241 e. The molecule has 17 heavy (non-hydrogen) atoms. The lowest BCUT2D eigenvalue weighted by atomic mass is 10.2. The third-order valence-electron chi connectivity index (χ3n) is 3.17. The highest BCUT2D eigenvalue weighted by atomic mass is 79.9. The van der Waals surface area contributed by atoms with Gasteiger partial charge in [-0.05, 0) is 58.8 Å². The summed E-state index contributed by atoms with van der Waals surface area (Å²) in [4.78, 5) is 0.312. The van der Waals surface area contributed by atoms with E-state index in [2.05, 4.69) is 27.6 Å². The maximum atomic E-state index is 12.1. The van der Waals surface area contributed by atoms with Crippen LogP contribution in [0.25, 0.3) is 0 Å². The van der Waals surface area contributed by atoms with E-state index in [1.807, 2.05) is 13.0 Å². The van der Waals surface area contributed by atoms with E-state index in [0.29, 0.717) is 15.9 Å². The van der Waals surface area contributed by atoms with Crippen molar-refractivity contribution in [3.8, 4) is 0 Å². The number of aryl methyl sites for hydroxylation is 1. The van der Waals surface area contributed by atoms with Crippen molar-refractivity contribution in [2.75, 3.05) is 6.54 Å². The van der Waals surface area contributed by atoms with Crippen molar-refractivity contribution in [2.45, 2.75) is 31.6 Å². The summed E-state index contributed by atoms with van der Waals surface area (Å²) in [7, 11) is -3.40. The van der Waals surface area contributed by atoms with Gasteiger partial charge in [0.05, 0.1) is 4.90 Å². The van der Waals surface area contributed by atoms with Crippen LogP contribution in [0.2, 0.25) is 0 Å². The molecule has 1 fully saturated rings. The molecule has 3 nitrogen and oxygen atoms in total. The Morgan fingerprint density at radius 3 is 2.59 bits per heavy atom. The van der Waals surface area contributed by atoms with E-state index in [4.69, 9.17) is 0 Å². The van der Waals surface area contributed by atoms with Gasteiger partial charge >= 0.3 is 0 Å². The average Bonchev–Trinajstić information content (AvgIpc) is 2.94.